The van der Waals surface area contributed by atoms with Crippen molar-refractivity contribution in [3.63, 3.8) is 0 Å². The Bertz CT molecular complexity index is 1100. The lowest BCUT2D eigenvalue weighted by atomic mass is 10.1. The highest BCUT2D eigenvalue weighted by Gasteiger charge is 2.28. The van der Waals surface area contributed by atoms with Crippen molar-refractivity contribution in [2.45, 2.75) is 26.6 Å². The van der Waals surface area contributed by atoms with Crippen LogP contribution < -0.4 is 9.75 Å². The molecule has 4 rings (SSSR count). The molecular weight excluding hydrogens is 322 g/mol. The van der Waals surface area contributed by atoms with Crippen LogP contribution in [-0.2, 0) is 7.05 Å². The molecule has 0 radical (unpaired) electrons. The van der Waals surface area contributed by atoms with Crippen LogP contribution in [-0.4, -0.2) is 8.07 Å². The van der Waals surface area contributed by atoms with Gasteiger partial charge in [0.1, 0.15) is 12.6 Å². The molecule has 0 N–H and O–H groups in total. The maximum atomic E-state index is 6.28. The van der Waals surface area contributed by atoms with Gasteiger partial charge in [0.05, 0.1) is 8.07 Å². The third-order valence-electron chi connectivity index (χ3n) is 5.08. The van der Waals surface area contributed by atoms with Gasteiger partial charge in [-0.05, 0) is 24.2 Å². The van der Waals surface area contributed by atoms with Gasteiger partial charge in [0.15, 0.2) is 0 Å². The van der Waals surface area contributed by atoms with Gasteiger partial charge in [0.25, 0.3) is 0 Å². The summed E-state index contributed by atoms with van der Waals surface area (Å²) in [6, 6.07) is 19.4. The summed E-state index contributed by atoms with van der Waals surface area (Å²) in [6.07, 6.45) is 0. The summed E-state index contributed by atoms with van der Waals surface area (Å²) in [5.74, 6) is 0.981. The Hall–Kier alpha value is -2.39. The van der Waals surface area contributed by atoms with Crippen molar-refractivity contribution in [1.82, 2.24) is 0 Å². The van der Waals surface area contributed by atoms with Gasteiger partial charge in [-0.2, -0.15) is 4.57 Å². The monoisotopic (exact) mass is 346 g/mol. The SMILES string of the molecule is Cc1c(-c2cc([Si](C)(C)C)c3ccccc3[n+]2C)oc2ccccc12. The number of nitrogens with zero attached hydrogens (tertiary/aromatic N) is 1. The predicted octanol–water partition coefficient (Wildman–Crippen LogP) is 4.93. The van der Waals surface area contributed by atoms with Crippen molar-refractivity contribution in [1.29, 1.82) is 0 Å². The number of rotatable bonds is 2. The zero-order valence-corrected chi connectivity index (χ0v) is 16.6. The second kappa shape index (κ2) is 5.56. The Morgan fingerprint density at radius 2 is 1.52 bits per heavy atom. The van der Waals surface area contributed by atoms with E-state index < -0.39 is 8.07 Å². The minimum absolute atomic E-state index is 0.956. The highest BCUT2D eigenvalue weighted by molar-refractivity contribution is 6.90. The highest BCUT2D eigenvalue weighted by atomic mass is 28.3. The van der Waals surface area contributed by atoms with Gasteiger partial charge in [-0.1, -0.05) is 50.0 Å². The molecule has 0 saturated heterocycles. The predicted molar refractivity (Wildman–Crippen MR) is 108 cm³/mol. The van der Waals surface area contributed by atoms with E-state index in [4.69, 9.17) is 4.42 Å². The quantitative estimate of drug-likeness (QED) is 0.371. The number of hydrogen-bond donors (Lipinski definition) is 0. The van der Waals surface area contributed by atoms with Crippen LogP contribution in [0.15, 0.2) is 59.0 Å². The standard InChI is InChI=1S/C22H24NOSi/c1-15-16-10-7-9-13-20(16)24-22(15)19-14-21(25(3,4)5)17-11-6-8-12-18(17)23(19)2/h6-14H,1-5H3/q+1. The maximum absolute atomic E-state index is 6.28. The fourth-order valence-corrected chi connectivity index (χ4v) is 5.28. The number of aromatic nitrogens is 1. The topological polar surface area (TPSA) is 17.0 Å². The highest BCUT2D eigenvalue weighted by Crippen LogP contribution is 2.32. The van der Waals surface area contributed by atoms with Crippen LogP contribution >= 0.6 is 0 Å². The van der Waals surface area contributed by atoms with Crippen LogP contribution in [0.1, 0.15) is 5.56 Å². The van der Waals surface area contributed by atoms with Crippen LogP contribution in [0.5, 0.6) is 0 Å². The Morgan fingerprint density at radius 3 is 2.20 bits per heavy atom. The molecule has 126 valence electrons. The fraction of sp³-hybridized carbons (Fsp3) is 0.227. The van der Waals surface area contributed by atoms with Crippen molar-refractivity contribution >= 4 is 35.1 Å². The summed E-state index contributed by atoms with van der Waals surface area (Å²) < 4.78 is 8.54. The molecule has 0 spiro atoms. The summed E-state index contributed by atoms with van der Waals surface area (Å²) >= 11 is 0. The second-order valence-corrected chi connectivity index (χ2v) is 12.9. The average Bonchev–Trinajstić information content (AvgIpc) is 2.91. The number of aryl methyl sites for hydroxylation is 2. The van der Waals surface area contributed by atoms with Crippen molar-refractivity contribution in [3.05, 3.63) is 60.2 Å². The van der Waals surface area contributed by atoms with E-state index in [-0.39, 0.29) is 0 Å². The van der Waals surface area contributed by atoms with E-state index in [0.29, 0.717) is 0 Å². The Morgan fingerprint density at radius 1 is 0.880 bits per heavy atom. The summed E-state index contributed by atoms with van der Waals surface area (Å²) in [4.78, 5) is 0. The van der Waals surface area contributed by atoms with Crippen LogP contribution in [0.4, 0.5) is 0 Å². The first kappa shape index (κ1) is 16.1. The van der Waals surface area contributed by atoms with E-state index in [2.05, 4.69) is 80.6 Å². The summed E-state index contributed by atoms with van der Waals surface area (Å²) in [5, 5.41) is 4.04. The number of benzene rings is 2. The first-order valence-corrected chi connectivity index (χ1v) is 12.3. The largest absolute Gasteiger partial charge is 0.449 e. The van der Waals surface area contributed by atoms with Crippen LogP contribution in [0.2, 0.25) is 19.6 Å². The van der Waals surface area contributed by atoms with Crippen LogP contribution in [0.3, 0.4) is 0 Å². The van der Waals surface area contributed by atoms with E-state index in [0.717, 1.165) is 17.0 Å². The lowest BCUT2D eigenvalue weighted by Gasteiger charge is -2.19. The smallest absolute Gasteiger partial charge is 0.248 e. The van der Waals surface area contributed by atoms with Gasteiger partial charge < -0.3 is 4.42 Å². The van der Waals surface area contributed by atoms with Crippen molar-refractivity contribution in [2.75, 3.05) is 0 Å². The van der Waals surface area contributed by atoms with E-state index in [1.807, 2.05) is 12.1 Å². The lowest BCUT2D eigenvalue weighted by Crippen LogP contribution is -2.43. The average molecular weight is 347 g/mol. The van der Waals surface area contributed by atoms with Crippen molar-refractivity contribution in [3.8, 4) is 11.5 Å². The molecular formula is C22H24NOSi+. The minimum atomic E-state index is -1.50. The molecule has 0 aliphatic carbocycles. The molecule has 0 bridgehead atoms. The third-order valence-corrected chi connectivity index (χ3v) is 7.11. The minimum Gasteiger partial charge on any atom is -0.449 e. The Kier molecular flexibility index (Phi) is 3.58. The van der Waals surface area contributed by atoms with Crippen molar-refractivity contribution in [2.24, 2.45) is 7.05 Å². The number of hydrogen-bond acceptors (Lipinski definition) is 1. The summed E-state index contributed by atoms with van der Waals surface area (Å²) in [7, 11) is 0.641. The van der Waals surface area contributed by atoms with Crippen molar-refractivity contribution < 1.29 is 8.98 Å². The molecule has 0 saturated carbocycles. The molecule has 0 aliphatic rings. The number of furan rings is 1. The van der Waals surface area contributed by atoms with Crippen LogP contribution in [0.25, 0.3) is 33.3 Å². The maximum Gasteiger partial charge on any atom is 0.248 e. The molecule has 25 heavy (non-hydrogen) atoms. The fourth-order valence-electron chi connectivity index (χ4n) is 3.69. The number of para-hydroxylation sites is 2. The zero-order chi connectivity index (χ0) is 17.8. The summed E-state index contributed by atoms with van der Waals surface area (Å²) in [5.41, 5.74) is 4.59. The molecule has 2 aromatic carbocycles. The lowest BCUT2D eigenvalue weighted by molar-refractivity contribution is -0.634. The molecule has 0 atom stereocenters. The normalized spacial score (nSPS) is 12.2. The molecule has 2 heterocycles. The van der Waals surface area contributed by atoms with Gasteiger partial charge >= 0.3 is 0 Å². The first-order valence-electron chi connectivity index (χ1n) is 8.78. The second-order valence-electron chi connectivity index (χ2n) is 7.82. The molecule has 2 aromatic heterocycles. The first-order chi connectivity index (χ1) is 11.9. The van der Waals surface area contributed by atoms with E-state index in [1.54, 1.807) is 0 Å². The molecule has 0 fully saturated rings. The molecule has 0 amide bonds. The Balaban J connectivity index is 2.11. The van der Waals surface area contributed by atoms with Crippen LogP contribution in [0, 0.1) is 6.92 Å². The van der Waals surface area contributed by atoms with Gasteiger partial charge in [-0.15, -0.1) is 0 Å². The molecule has 0 unspecified atom stereocenters. The van der Waals surface area contributed by atoms with Gasteiger partial charge in [0.2, 0.25) is 17.0 Å². The van der Waals surface area contributed by atoms with Gasteiger partial charge in [0, 0.05) is 28.5 Å². The van der Waals surface area contributed by atoms with E-state index in [9.17, 15) is 0 Å². The molecule has 4 aromatic rings. The molecule has 3 heteroatoms. The Labute approximate surface area is 149 Å². The number of pyridine rings is 1. The van der Waals surface area contributed by atoms with Gasteiger partial charge in [-0.25, -0.2) is 0 Å². The number of fused-ring (bicyclic) bond motifs is 2. The zero-order valence-electron chi connectivity index (χ0n) is 15.6. The van der Waals surface area contributed by atoms with Gasteiger partial charge in [-0.3, -0.25) is 0 Å². The van der Waals surface area contributed by atoms with E-state index >= 15 is 0 Å². The molecule has 0 aliphatic heterocycles. The third kappa shape index (κ3) is 2.50. The summed E-state index contributed by atoms with van der Waals surface area (Å²) in [6.45, 7) is 9.38. The van der Waals surface area contributed by atoms with E-state index in [1.165, 1.54) is 27.0 Å². The molecule has 2 nitrogen and oxygen atoms in total.